The molecule has 150 valence electrons. The minimum atomic E-state index is -0.349. The first-order valence-electron chi connectivity index (χ1n) is 10.00. The minimum absolute atomic E-state index is 0.0759. The van der Waals surface area contributed by atoms with E-state index in [0.29, 0.717) is 25.2 Å². The molecular weight excluding hydrogens is 339 g/mol. The Morgan fingerprint density at radius 3 is 2.07 bits per heavy atom. The molecule has 0 saturated carbocycles. The number of unbranched alkanes of at least 4 members (excludes halogenated alkanes) is 1. The third-order valence-corrected chi connectivity index (χ3v) is 5.25. The lowest BCUT2D eigenvalue weighted by Crippen LogP contribution is -2.41. The summed E-state index contributed by atoms with van der Waals surface area (Å²) in [5, 5.41) is 0. The zero-order valence-corrected chi connectivity index (χ0v) is 18.1. The van der Waals surface area contributed by atoms with Gasteiger partial charge in [-0.3, -0.25) is 4.79 Å². The van der Waals surface area contributed by atoms with E-state index in [1.165, 1.54) is 0 Å². The summed E-state index contributed by atoms with van der Waals surface area (Å²) < 4.78 is 17.9. The number of hydrogen-bond acceptors (Lipinski definition) is 4. The van der Waals surface area contributed by atoms with Gasteiger partial charge in [-0.2, -0.15) is 0 Å². The molecule has 0 bridgehead atoms. The average Bonchev–Trinajstić information content (AvgIpc) is 2.74. The molecule has 4 nitrogen and oxygen atoms in total. The summed E-state index contributed by atoms with van der Waals surface area (Å²) in [5.41, 5.74) is 0.398. The van der Waals surface area contributed by atoms with Crippen LogP contribution in [0, 0.1) is 5.41 Å². The van der Waals surface area contributed by atoms with E-state index in [-0.39, 0.29) is 23.7 Å². The topological polar surface area (TPSA) is 44.8 Å². The van der Waals surface area contributed by atoms with Crippen molar-refractivity contribution in [2.24, 2.45) is 5.41 Å². The summed E-state index contributed by atoms with van der Waals surface area (Å²) in [6.45, 7) is 15.1. The number of ketones is 1. The van der Waals surface area contributed by atoms with Gasteiger partial charge in [-0.15, -0.1) is 0 Å². The van der Waals surface area contributed by atoms with Crippen LogP contribution in [0.15, 0.2) is 24.3 Å². The molecule has 1 aromatic carbocycles. The van der Waals surface area contributed by atoms with E-state index in [1.807, 2.05) is 24.3 Å². The molecule has 0 atom stereocenters. The second-order valence-electron chi connectivity index (χ2n) is 9.74. The Kier molecular flexibility index (Phi) is 6.80. The molecule has 1 aliphatic heterocycles. The van der Waals surface area contributed by atoms with E-state index in [2.05, 4.69) is 48.5 Å². The van der Waals surface area contributed by atoms with Gasteiger partial charge in [0.2, 0.25) is 0 Å². The van der Waals surface area contributed by atoms with Crippen molar-refractivity contribution in [2.75, 3.05) is 6.61 Å². The van der Waals surface area contributed by atoms with Crippen molar-refractivity contribution in [3.8, 4) is 5.75 Å². The van der Waals surface area contributed by atoms with E-state index in [4.69, 9.17) is 14.0 Å². The van der Waals surface area contributed by atoms with Crippen molar-refractivity contribution in [1.82, 2.24) is 0 Å². The predicted octanol–water partition coefficient (Wildman–Crippen LogP) is 4.54. The Hall–Kier alpha value is -1.33. The second kappa shape index (κ2) is 8.36. The number of rotatable bonds is 8. The van der Waals surface area contributed by atoms with E-state index in [9.17, 15) is 4.79 Å². The molecule has 1 saturated heterocycles. The fourth-order valence-electron chi connectivity index (χ4n) is 2.99. The van der Waals surface area contributed by atoms with Crippen molar-refractivity contribution >= 4 is 18.4 Å². The molecule has 0 radical (unpaired) electrons. The van der Waals surface area contributed by atoms with E-state index in [0.717, 1.165) is 24.1 Å². The maximum atomic E-state index is 11.9. The lowest BCUT2D eigenvalue weighted by atomic mass is 9.79. The molecule has 2 rings (SSSR count). The highest BCUT2D eigenvalue weighted by Gasteiger charge is 2.51. The van der Waals surface area contributed by atoms with Crippen LogP contribution >= 0.6 is 0 Å². The molecule has 0 aromatic heterocycles. The third kappa shape index (κ3) is 6.36. The summed E-state index contributed by atoms with van der Waals surface area (Å²) in [6, 6.07) is 7.88. The fraction of sp³-hybridized carbons (Fsp3) is 0.682. The Morgan fingerprint density at radius 2 is 1.56 bits per heavy atom. The van der Waals surface area contributed by atoms with Crippen LogP contribution in [0.5, 0.6) is 5.75 Å². The minimum Gasteiger partial charge on any atom is -0.494 e. The Balaban J connectivity index is 1.73. The third-order valence-electron chi connectivity index (χ3n) is 5.25. The maximum absolute atomic E-state index is 11.9. The first-order chi connectivity index (χ1) is 12.4. The molecule has 1 aromatic rings. The molecule has 1 aliphatic rings. The van der Waals surface area contributed by atoms with Crippen molar-refractivity contribution in [3.05, 3.63) is 24.3 Å². The molecule has 5 heteroatoms. The summed E-state index contributed by atoms with van der Waals surface area (Å²) in [5.74, 6) is 1.17. The summed E-state index contributed by atoms with van der Waals surface area (Å²) in [4.78, 5) is 11.9. The standard InChI is InChI=1S/C22H35BO4/c1-20(2,3)16-18(24)10-8-9-15-25-19-13-11-17(12-14-19)23-26-21(4,5)22(6,7)27-23/h11-14H,8-10,15-16H2,1-7H3. The van der Waals surface area contributed by atoms with Crippen LogP contribution in [0.3, 0.4) is 0 Å². The number of carbonyl (C=O) groups is 1. The van der Waals surface area contributed by atoms with Gasteiger partial charge < -0.3 is 14.0 Å². The van der Waals surface area contributed by atoms with Crippen LogP contribution in [0.1, 0.15) is 74.1 Å². The van der Waals surface area contributed by atoms with Gasteiger partial charge in [-0.05, 0) is 63.5 Å². The lowest BCUT2D eigenvalue weighted by Gasteiger charge is -2.32. The van der Waals surface area contributed by atoms with Gasteiger partial charge in [0.15, 0.2) is 0 Å². The van der Waals surface area contributed by atoms with Gasteiger partial charge in [-0.1, -0.05) is 32.9 Å². The van der Waals surface area contributed by atoms with E-state index < -0.39 is 0 Å². The molecule has 0 unspecified atom stereocenters. The molecular formula is C22H35BO4. The number of Topliss-reactive ketones (excluding diaryl/α,β-unsaturated/α-hetero) is 1. The molecule has 0 N–H and O–H groups in total. The smallest absolute Gasteiger partial charge is 0.494 e. The van der Waals surface area contributed by atoms with Crippen molar-refractivity contribution in [3.63, 3.8) is 0 Å². The molecule has 0 spiro atoms. The quantitative estimate of drug-likeness (QED) is 0.495. The van der Waals surface area contributed by atoms with Crippen molar-refractivity contribution < 1.29 is 18.8 Å². The van der Waals surface area contributed by atoms with Gasteiger partial charge in [0.05, 0.1) is 17.8 Å². The zero-order chi connectivity index (χ0) is 20.3. The van der Waals surface area contributed by atoms with Gasteiger partial charge in [0.25, 0.3) is 0 Å². The predicted molar refractivity (Wildman–Crippen MR) is 111 cm³/mol. The molecule has 1 heterocycles. The summed E-state index contributed by atoms with van der Waals surface area (Å²) in [6.07, 6.45) is 3.05. The normalized spacial score (nSPS) is 18.6. The Morgan fingerprint density at radius 1 is 1.00 bits per heavy atom. The largest absolute Gasteiger partial charge is 0.494 e. The zero-order valence-electron chi connectivity index (χ0n) is 18.1. The number of ether oxygens (including phenoxy) is 1. The van der Waals surface area contributed by atoms with Gasteiger partial charge in [0, 0.05) is 12.8 Å². The summed E-state index contributed by atoms with van der Waals surface area (Å²) in [7, 11) is -0.349. The van der Waals surface area contributed by atoms with Crippen LogP contribution in [-0.2, 0) is 14.1 Å². The van der Waals surface area contributed by atoms with Crippen LogP contribution in [0.25, 0.3) is 0 Å². The molecule has 0 amide bonds. The van der Waals surface area contributed by atoms with Crippen molar-refractivity contribution in [2.45, 2.75) is 85.4 Å². The second-order valence-corrected chi connectivity index (χ2v) is 9.74. The first-order valence-corrected chi connectivity index (χ1v) is 10.00. The maximum Gasteiger partial charge on any atom is 0.494 e. The lowest BCUT2D eigenvalue weighted by molar-refractivity contribution is -0.120. The number of carbonyl (C=O) groups excluding carboxylic acids is 1. The average molecular weight is 374 g/mol. The number of hydrogen-bond donors (Lipinski definition) is 0. The van der Waals surface area contributed by atoms with Crippen LogP contribution in [-0.4, -0.2) is 30.7 Å². The SMILES string of the molecule is CC(C)(C)CC(=O)CCCCOc1ccc(B2OC(C)(C)C(C)(C)O2)cc1. The van der Waals surface area contributed by atoms with Crippen molar-refractivity contribution in [1.29, 1.82) is 0 Å². The van der Waals surface area contributed by atoms with Crippen LogP contribution in [0.4, 0.5) is 0 Å². The number of benzene rings is 1. The summed E-state index contributed by atoms with van der Waals surface area (Å²) >= 11 is 0. The first kappa shape index (κ1) is 22.0. The van der Waals surface area contributed by atoms with Gasteiger partial charge >= 0.3 is 7.12 Å². The van der Waals surface area contributed by atoms with Gasteiger partial charge in [0.1, 0.15) is 11.5 Å². The highest BCUT2D eigenvalue weighted by atomic mass is 16.7. The van der Waals surface area contributed by atoms with Crippen LogP contribution in [0.2, 0.25) is 0 Å². The molecule has 0 aliphatic carbocycles. The highest BCUT2D eigenvalue weighted by molar-refractivity contribution is 6.62. The van der Waals surface area contributed by atoms with E-state index >= 15 is 0 Å². The molecule has 27 heavy (non-hydrogen) atoms. The molecule has 1 fully saturated rings. The van der Waals surface area contributed by atoms with Crippen LogP contribution < -0.4 is 10.2 Å². The Bertz CT molecular complexity index is 613. The Labute approximate surface area is 165 Å². The highest BCUT2D eigenvalue weighted by Crippen LogP contribution is 2.36. The van der Waals surface area contributed by atoms with E-state index in [1.54, 1.807) is 0 Å². The fourth-order valence-corrected chi connectivity index (χ4v) is 2.99. The monoisotopic (exact) mass is 374 g/mol. The van der Waals surface area contributed by atoms with Gasteiger partial charge in [-0.25, -0.2) is 0 Å².